The Morgan fingerprint density at radius 3 is 2.36 bits per heavy atom. The van der Waals surface area contributed by atoms with Crippen LogP contribution in [-0.4, -0.2) is 6.54 Å². The summed E-state index contributed by atoms with van der Waals surface area (Å²) in [6, 6.07) is 8.59. The number of nitrogens with one attached hydrogen (secondary N) is 1. The smallest absolute Gasteiger partial charge is 0.0340 e. The first-order valence-corrected chi connectivity index (χ1v) is 5.63. The number of aryl methyl sites for hydroxylation is 1. The third-order valence-electron chi connectivity index (χ3n) is 2.41. The topological polar surface area (TPSA) is 12.0 Å². The minimum absolute atomic E-state index is 1.10. The Labute approximate surface area is 87.5 Å². The maximum Gasteiger partial charge on any atom is 0.0340 e. The lowest BCUT2D eigenvalue weighted by Gasteiger charge is -2.05. The quantitative estimate of drug-likeness (QED) is 0.670. The van der Waals surface area contributed by atoms with E-state index in [9.17, 15) is 0 Å². The lowest BCUT2D eigenvalue weighted by atomic mass is 10.2. The molecule has 0 radical (unpaired) electrons. The van der Waals surface area contributed by atoms with E-state index in [1.54, 1.807) is 0 Å². The molecule has 0 saturated carbocycles. The Morgan fingerprint density at radius 2 is 1.71 bits per heavy atom. The van der Waals surface area contributed by atoms with Crippen LogP contribution in [-0.2, 0) is 0 Å². The van der Waals surface area contributed by atoms with E-state index in [1.165, 1.54) is 36.9 Å². The maximum absolute atomic E-state index is 3.43. The third-order valence-corrected chi connectivity index (χ3v) is 2.41. The minimum atomic E-state index is 1.10. The van der Waals surface area contributed by atoms with Gasteiger partial charge in [0.05, 0.1) is 0 Å². The molecular formula is C13H21N. The molecule has 1 rings (SSSR count). The highest BCUT2D eigenvalue weighted by Gasteiger charge is 1.91. The predicted octanol–water partition coefficient (Wildman–Crippen LogP) is 3.99. The van der Waals surface area contributed by atoms with Crippen molar-refractivity contribution in [2.24, 2.45) is 0 Å². The van der Waals surface area contributed by atoms with Crippen molar-refractivity contribution in [2.75, 3.05) is 11.9 Å². The predicted molar refractivity (Wildman–Crippen MR) is 63.8 cm³/mol. The van der Waals surface area contributed by atoms with Crippen LogP contribution in [0.15, 0.2) is 24.3 Å². The SMILES string of the molecule is CCCCCCNc1ccc(C)cc1. The number of anilines is 1. The molecule has 1 heteroatoms. The Hall–Kier alpha value is -0.980. The van der Waals surface area contributed by atoms with E-state index in [2.05, 4.69) is 43.4 Å². The highest BCUT2D eigenvalue weighted by atomic mass is 14.9. The van der Waals surface area contributed by atoms with E-state index in [0.29, 0.717) is 0 Å². The second-order valence-corrected chi connectivity index (χ2v) is 3.85. The fourth-order valence-electron chi connectivity index (χ4n) is 1.46. The van der Waals surface area contributed by atoms with E-state index < -0.39 is 0 Å². The summed E-state index contributed by atoms with van der Waals surface area (Å²) in [6.07, 6.45) is 5.29. The highest BCUT2D eigenvalue weighted by Crippen LogP contribution is 2.09. The van der Waals surface area contributed by atoms with Crippen molar-refractivity contribution < 1.29 is 0 Å². The molecule has 0 heterocycles. The maximum atomic E-state index is 3.43. The van der Waals surface area contributed by atoms with Gasteiger partial charge >= 0.3 is 0 Å². The second kappa shape index (κ2) is 6.47. The molecule has 0 saturated heterocycles. The molecule has 0 spiro atoms. The summed E-state index contributed by atoms with van der Waals surface area (Å²) < 4.78 is 0. The van der Waals surface area contributed by atoms with Gasteiger partial charge in [0.15, 0.2) is 0 Å². The van der Waals surface area contributed by atoms with Crippen molar-refractivity contribution in [1.82, 2.24) is 0 Å². The normalized spacial score (nSPS) is 10.1. The number of hydrogen-bond donors (Lipinski definition) is 1. The molecule has 0 aromatic heterocycles. The van der Waals surface area contributed by atoms with Gasteiger partial charge in [-0.1, -0.05) is 43.9 Å². The van der Waals surface area contributed by atoms with Crippen molar-refractivity contribution in [3.05, 3.63) is 29.8 Å². The molecule has 78 valence electrons. The van der Waals surface area contributed by atoms with Gasteiger partial charge in [-0.15, -0.1) is 0 Å². The zero-order valence-corrected chi connectivity index (χ0v) is 9.34. The molecule has 1 N–H and O–H groups in total. The Balaban J connectivity index is 2.15. The number of benzene rings is 1. The summed E-state index contributed by atoms with van der Waals surface area (Å²) in [5.74, 6) is 0. The summed E-state index contributed by atoms with van der Waals surface area (Å²) >= 11 is 0. The van der Waals surface area contributed by atoms with Crippen LogP contribution in [0.3, 0.4) is 0 Å². The largest absolute Gasteiger partial charge is 0.385 e. The number of rotatable bonds is 6. The zero-order chi connectivity index (χ0) is 10.2. The van der Waals surface area contributed by atoms with Crippen LogP contribution in [0.4, 0.5) is 5.69 Å². The zero-order valence-electron chi connectivity index (χ0n) is 9.34. The van der Waals surface area contributed by atoms with Crippen LogP contribution in [0.1, 0.15) is 38.2 Å². The standard InChI is InChI=1S/C13H21N/c1-3-4-5-6-11-14-13-9-7-12(2)8-10-13/h7-10,14H,3-6,11H2,1-2H3. The molecule has 0 unspecified atom stereocenters. The molecular weight excluding hydrogens is 170 g/mol. The summed E-state index contributed by atoms with van der Waals surface area (Å²) in [4.78, 5) is 0. The van der Waals surface area contributed by atoms with Gasteiger partial charge in [0.2, 0.25) is 0 Å². The first-order chi connectivity index (χ1) is 6.83. The van der Waals surface area contributed by atoms with Crippen molar-refractivity contribution >= 4 is 5.69 Å². The van der Waals surface area contributed by atoms with Gasteiger partial charge in [-0.25, -0.2) is 0 Å². The van der Waals surface area contributed by atoms with Gasteiger partial charge in [0, 0.05) is 12.2 Å². The van der Waals surface area contributed by atoms with Crippen LogP contribution < -0.4 is 5.32 Å². The van der Waals surface area contributed by atoms with E-state index in [-0.39, 0.29) is 0 Å². The average molecular weight is 191 g/mol. The lowest BCUT2D eigenvalue weighted by molar-refractivity contribution is 0.685. The van der Waals surface area contributed by atoms with Gasteiger partial charge < -0.3 is 5.32 Å². The van der Waals surface area contributed by atoms with Crippen molar-refractivity contribution in [2.45, 2.75) is 39.5 Å². The Morgan fingerprint density at radius 1 is 1.00 bits per heavy atom. The molecule has 0 aliphatic carbocycles. The van der Waals surface area contributed by atoms with Crippen molar-refractivity contribution in [3.63, 3.8) is 0 Å². The number of hydrogen-bond acceptors (Lipinski definition) is 1. The molecule has 14 heavy (non-hydrogen) atoms. The van der Waals surface area contributed by atoms with E-state index in [0.717, 1.165) is 6.54 Å². The van der Waals surface area contributed by atoms with Gasteiger partial charge in [-0.05, 0) is 25.5 Å². The molecule has 0 atom stereocenters. The van der Waals surface area contributed by atoms with E-state index in [4.69, 9.17) is 0 Å². The molecule has 0 aliphatic rings. The fourth-order valence-corrected chi connectivity index (χ4v) is 1.46. The lowest BCUT2D eigenvalue weighted by Crippen LogP contribution is -2.00. The Kier molecular flexibility index (Phi) is 5.13. The second-order valence-electron chi connectivity index (χ2n) is 3.85. The molecule has 0 fully saturated rings. The summed E-state index contributed by atoms with van der Waals surface area (Å²) in [6.45, 7) is 5.46. The molecule has 0 aliphatic heterocycles. The van der Waals surface area contributed by atoms with Gasteiger partial charge in [-0.2, -0.15) is 0 Å². The summed E-state index contributed by atoms with van der Waals surface area (Å²) in [5.41, 5.74) is 2.56. The summed E-state index contributed by atoms with van der Waals surface area (Å²) in [5, 5.41) is 3.43. The van der Waals surface area contributed by atoms with Gasteiger partial charge in [0.1, 0.15) is 0 Å². The average Bonchev–Trinajstić information content (AvgIpc) is 2.21. The van der Waals surface area contributed by atoms with Crippen LogP contribution in [0.25, 0.3) is 0 Å². The van der Waals surface area contributed by atoms with Crippen LogP contribution in [0, 0.1) is 6.92 Å². The Bertz CT molecular complexity index is 238. The van der Waals surface area contributed by atoms with E-state index >= 15 is 0 Å². The monoisotopic (exact) mass is 191 g/mol. The molecule has 0 amide bonds. The van der Waals surface area contributed by atoms with Crippen LogP contribution in [0.5, 0.6) is 0 Å². The molecule has 0 bridgehead atoms. The number of unbranched alkanes of at least 4 members (excludes halogenated alkanes) is 3. The van der Waals surface area contributed by atoms with Crippen molar-refractivity contribution in [1.29, 1.82) is 0 Å². The first kappa shape index (κ1) is 11.1. The first-order valence-electron chi connectivity index (χ1n) is 5.63. The fraction of sp³-hybridized carbons (Fsp3) is 0.538. The highest BCUT2D eigenvalue weighted by molar-refractivity contribution is 5.44. The minimum Gasteiger partial charge on any atom is -0.385 e. The summed E-state index contributed by atoms with van der Waals surface area (Å²) in [7, 11) is 0. The molecule has 1 aromatic carbocycles. The van der Waals surface area contributed by atoms with Crippen LogP contribution in [0.2, 0.25) is 0 Å². The van der Waals surface area contributed by atoms with Gasteiger partial charge in [0.25, 0.3) is 0 Å². The molecule has 1 nitrogen and oxygen atoms in total. The van der Waals surface area contributed by atoms with E-state index in [1.807, 2.05) is 0 Å². The molecule has 1 aromatic rings. The van der Waals surface area contributed by atoms with Crippen LogP contribution >= 0.6 is 0 Å². The van der Waals surface area contributed by atoms with Gasteiger partial charge in [-0.3, -0.25) is 0 Å². The third kappa shape index (κ3) is 4.31. The van der Waals surface area contributed by atoms with Crippen molar-refractivity contribution in [3.8, 4) is 0 Å².